The van der Waals surface area contributed by atoms with Gasteiger partial charge in [-0.25, -0.2) is 4.98 Å². The Morgan fingerprint density at radius 2 is 1.91 bits per heavy atom. The van der Waals surface area contributed by atoms with Crippen LogP contribution in [0.1, 0.15) is 39.4 Å². The van der Waals surface area contributed by atoms with Gasteiger partial charge in [0, 0.05) is 19.6 Å². The van der Waals surface area contributed by atoms with Crippen LogP contribution in [0.3, 0.4) is 0 Å². The summed E-state index contributed by atoms with van der Waals surface area (Å²) in [4.78, 5) is 7.36. The molecular weight excluding hydrogens is 274 g/mol. The molecule has 22 heavy (non-hydrogen) atoms. The van der Waals surface area contributed by atoms with Gasteiger partial charge in [0.25, 0.3) is 0 Å². The predicted molar refractivity (Wildman–Crippen MR) is 89.9 cm³/mol. The summed E-state index contributed by atoms with van der Waals surface area (Å²) in [5, 5.41) is 0. The second-order valence-electron chi connectivity index (χ2n) is 6.47. The molecule has 1 saturated heterocycles. The van der Waals surface area contributed by atoms with Crippen molar-refractivity contribution in [3.63, 3.8) is 0 Å². The van der Waals surface area contributed by atoms with E-state index in [9.17, 15) is 0 Å². The van der Waals surface area contributed by atoms with Gasteiger partial charge >= 0.3 is 0 Å². The van der Waals surface area contributed by atoms with E-state index < -0.39 is 0 Å². The maximum atomic E-state index is 5.84. The maximum absolute atomic E-state index is 5.84. The molecule has 3 rings (SSSR count). The molecule has 2 aromatic rings. The van der Waals surface area contributed by atoms with E-state index in [0.717, 1.165) is 31.7 Å². The number of morpholine rings is 1. The van der Waals surface area contributed by atoms with Crippen LogP contribution in [0.4, 0.5) is 0 Å². The molecule has 4 nitrogen and oxygen atoms in total. The van der Waals surface area contributed by atoms with Crippen molar-refractivity contribution < 1.29 is 4.74 Å². The number of imidazole rings is 1. The number of aryl methyl sites for hydroxylation is 1. The SMILES string of the molecule is CCCCn1c(CN2CC(C)OC(C)C2)nc2ccccc21. The van der Waals surface area contributed by atoms with Crippen LogP contribution in [-0.2, 0) is 17.8 Å². The third-order valence-electron chi connectivity index (χ3n) is 4.33. The Morgan fingerprint density at radius 1 is 1.18 bits per heavy atom. The smallest absolute Gasteiger partial charge is 0.124 e. The Hall–Kier alpha value is -1.39. The number of ether oxygens (including phenoxy) is 1. The van der Waals surface area contributed by atoms with Crippen LogP contribution in [0.2, 0.25) is 0 Å². The van der Waals surface area contributed by atoms with Crippen molar-refractivity contribution in [1.29, 1.82) is 0 Å². The average Bonchev–Trinajstić information content (AvgIpc) is 2.81. The minimum atomic E-state index is 0.303. The van der Waals surface area contributed by atoms with Gasteiger partial charge in [-0.05, 0) is 32.4 Å². The average molecular weight is 301 g/mol. The molecule has 1 aliphatic heterocycles. The molecule has 2 unspecified atom stereocenters. The lowest BCUT2D eigenvalue weighted by atomic mass is 10.2. The first-order chi connectivity index (χ1) is 10.7. The van der Waals surface area contributed by atoms with Gasteiger partial charge < -0.3 is 9.30 Å². The van der Waals surface area contributed by atoms with Crippen LogP contribution in [-0.4, -0.2) is 39.7 Å². The van der Waals surface area contributed by atoms with Gasteiger partial charge in [-0.1, -0.05) is 25.5 Å². The van der Waals surface area contributed by atoms with Crippen LogP contribution in [0, 0.1) is 0 Å². The first kappa shape index (κ1) is 15.5. The summed E-state index contributed by atoms with van der Waals surface area (Å²) in [7, 11) is 0. The van der Waals surface area contributed by atoms with Crippen molar-refractivity contribution >= 4 is 11.0 Å². The van der Waals surface area contributed by atoms with Crippen LogP contribution in [0.5, 0.6) is 0 Å². The zero-order chi connectivity index (χ0) is 15.5. The second-order valence-corrected chi connectivity index (χ2v) is 6.47. The molecule has 0 spiro atoms. The standard InChI is InChI=1S/C18H27N3O/c1-4-5-10-21-17-9-7-6-8-16(17)19-18(21)13-20-11-14(2)22-15(3)12-20/h6-9,14-15H,4-5,10-13H2,1-3H3. The monoisotopic (exact) mass is 301 g/mol. The molecule has 4 heteroatoms. The lowest BCUT2D eigenvalue weighted by Crippen LogP contribution is -2.45. The molecule has 1 fully saturated rings. The Labute approximate surface area is 133 Å². The molecule has 2 atom stereocenters. The zero-order valence-electron chi connectivity index (χ0n) is 14.0. The van der Waals surface area contributed by atoms with Crippen LogP contribution in [0.25, 0.3) is 11.0 Å². The fraction of sp³-hybridized carbons (Fsp3) is 0.611. The maximum Gasteiger partial charge on any atom is 0.124 e. The third-order valence-corrected chi connectivity index (χ3v) is 4.33. The van der Waals surface area contributed by atoms with Gasteiger partial charge in [0.05, 0.1) is 29.8 Å². The fourth-order valence-electron chi connectivity index (χ4n) is 3.43. The topological polar surface area (TPSA) is 30.3 Å². The normalized spacial score (nSPS) is 23.2. The summed E-state index contributed by atoms with van der Waals surface area (Å²) < 4.78 is 8.25. The van der Waals surface area contributed by atoms with Gasteiger partial charge in [0.1, 0.15) is 5.82 Å². The highest BCUT2D eigenvalue weighted by molar-refractivity contribution is 5.75. The number of fused-ring (bicyclic) bond motifs is 1. The van der Waals surface area contributed by atoms with Gasteiger partial charge in [0.2, 0.25) is 0 Å². The van der Waals surface area contributed by atoms with Crippen LogP contribution in [0.15, 0.2) is 24.3 Å². The summed E-state index contributed by atoms with van der Waals surface area (Å²) in [6.07, 6.45) is 3.01. The fourth-order valence-corrected chi connectivity index (χ4v) is 3.43. The molecule has 2 heterocycles. The second kappa shape index (κ2) is 6.80. The molecule has 1 aromatic heterocycles. The number of rotatable bonds is 5. The first-order valence-corrected chi connectivity index (χ1v) is 8.49. The minimum Gasteiger partial charge on any atom is -0.373 e. The Bertz CT molecular complexity index is 612. The Morgan fingerprint density at radius 3 is 2.64 bits per heavy atom. The molecule has 0 aliphatic carbocycles. The third kappa shape index (κ3) is 3.33. The lowest BCUT2D eigenvalue weighted by molar-refractivity contribution is -0.0712. The summed E-state index contributed by atoms with van der Waals surface area (Å²) in [5.74, 6) is 1.19. The molecular formula is C18H27N3O. The van der Waals surface area contributed by atoms with E-state index in [1.807, 2.05) is 0 Å². The van der Waals surface area contributed by atoms with Crippen LogP contribution < -0.4 is 0 Å². The first-order valence-electron chi connectivity index (χ1n) is 8.49. The van der Waals surface area contributed by atoms with Crippen molar-refractivity contribution in [2.75, 3.05) is 13.1 Å². The molecule has 0 radical (unpaired) electrons. The van der Waals surface area contributed by atoms with E-state index >= 15 is 0 Å². The van der Waals surface area contributed by atoms with Gasteiger partial charge in [-0.15, -0.1) is 0 Å². The van der Waals surface area contributed by atoms with Crippen molar-refractivity contribution in [2.24, 2.45) is 0 Å². The van der Waals surface area contributed by atoms with E-state index in [-0.39, 0.29) is 0 Å². The van der Waals surface area contributed by atoms with Gasteiger partial charge in [0.15, 0.2) is 0 Å². The molecule has 1 aromatic carbocycles. The summed E-state index contributed by atoms with van der Waals surface area (Å²) in [5.41, 5.74) is 2.38. The molecule has 120 valence electrons. The van der Waals surface area contributed by atoms with Gasteiger partial charge in [-0.2, -0.15) is 0 Å². The van der Waals surface area contributed by atoms with E-state index in [2.05, 4.69) is 54.5 Å². The summed E-state index contributed by atoms with van der Waals surface area (Å²) in [6.45, 7) is 10.5. The highest BCUT2D eigenvalue weighted by atomic mass is 16.5. The van der Waals surface area contributed by atoms with Crippen molar-refractivity contribution in [3.8, 4) is 0 Å². The highest BCUT2D eigenvalue weighted by Crippen LogP contribution is 2.20. The van der Waals surface area contributed by atoms with Crippen molar-refractivity contribution in [1.82, 2.24) is 14.5 Å². The number of para-hydroxylation sites is 2. The number of benzene rings is 1. The number of hydrogen-bond acceptors (Lipinski definition) is 3. The molecule has 0 N–H and O–H groups in total. The van der Waals surface area contributed by atoms with Crippen LogP contribution >= 0.6 is 0 Å². The van der Waals surface area contributed by atoms with E-state index in [1.165, 1.54) is 24.2 Å². The summed E-state index contributed by atoms with van der Waals surface area (Å²) >= 11 is 0. The minimum absolute atomic E-state index is 0.303. The van der Waals surface area contributed by atoms with E-state index in [4.69, 9.17) is 9.72 Å². The number of unbranched alkanes of at least 4 members (excludes halogenated alkanes) is 1. The quantitative estimate of drug-likeness (QED) is 0.847. The zero-order valence-corrected chi connectivity index (χ0v) is 14.0. The molecule has 0 bridgehead atoms. The highest BCUT2D eigenvalue weighted by Gasteiger charge is 2.23. The Balaban J connectivity index is 1.85. The predicted octanol–water partition coefficient (Wildman–Crippen LogP) is 3.45. The number of aromatic nitrogens is 2. The molecule has 1 aliphatic rings. The van der Waals surface area contributed by atoms with Gasteiger partial charge in [-0.3, -0.25) is 4.90 Å². The van der Waals surface area contributed by atoms with Crippen molar-refractivity contribution in [2.45, 2.75) is 58.9 Å². The molecule has 0 amide bonds. The molecule has 0 saturated carbocycles. The largest absolute Gasteiger partial charge is 0.373 e. The number of nitrogens with zero attached hydrogens (tertiary/aromatic N) is 3. The van der Waals surface area contributed by atoms with Crippen molar-refractivity contribution in [3.05, 3.63) is 30.1 Å². The number of hydrogen-bond donors (Lipinski definition) is 0. The van der Waals surface area contributed by atoms with E-state index in [0.29, 0.717) is 12.2 Å². The van der Waals surface area contributed by atoms with E-state index in [1.54, 1.807) is 0 Å². The summed E-state index contributed by atoms with van der Waals surface area (Å²) in [6, 6.07) is 8.48. The lowest BCUT2D eigenvalue weighted by Gasteiger charge is -2.35. The Kier molecular flexibility index (Phi) is 4.79.